The van der Waals surface area contributed by atoms with Gasteiger partial charge in [-0.25, -0.2) is 0 Å². The molecule has 0 aliphatic heterocycles. The van der Waals surface area contributed by atoms with Gasteiger partial charge in [-0.3, -0.25) is 9.78 Å². The maximum atomic E-state index is 11.8. The van der Waals surface area contributed by atoms with Gasteiger partial charge in [0.25, 0.3) is 0 Å². The van der Waals surface area contributed by atoms with E-state index in [1.165, 1.54) is 0 Å². The average molecular weight is 338 g/mol. The average Bonchev–Trinajstić information content (AvgIpc) is 2.65. The molecule has 1 heterocycles. The van der Waals surface area contributed by atoms with Crippen LogP contribution in [-0.2, 0) is 0 Å². The van der Waals surface area contributed by atoms with E-state index in [9.17, 15) is 4.79 Å². The van der Waals surface area contributed by atoms with Crippen molar-refractivity contribution in [3.8, 4) is 5.75 Å². The first kappa shape index (κ1) is 17.5. The van der Waals surface area contributed by atoms with Gasteiger partial charge < -0.3 is 10.5 Å². The molecule has 0 radical (unpaired) electrons. The second-order valence-electron chi connectivity index (χ2n) is 6.80. The van der Waals surface area contributed by atoms with Crippen molar-refractivity contribution in [3.63, 3.8) is 0 Å². The molecule has 1 amide bonds. The van der Waals surface area contributed by atoms with Crippen LogP contribution < -0.4 is 10.5 Å². The fraction of sp³-hybridized carbons (Fsp3) is 0.429. The zero-order chi connectivity index (χ0) is 17.6. The number of pyridine rings is 1. The molecular formula is C21H26N2O2. The summed E-state index contributed by atoms with van der Waals surface area (Å²) < 4.78 is 6.07. The highest BCUT2D eigenvalue weighted by Gasteiger charge is 2.30. The Morgan fingerprint density at radius 3 is 2.48 bits per heavy atom. The molecule has 1 fully saturated rings. The summed E-state index contributed by atoms with van der Waals surface area (Å²) in [6.45, 7) is 2.20. The maximum Gasteiger partial charge on any atom is 0.248 e. The number of ether oxygens (including phenoxy) is 1. The van der Waals surface area contributed by atoms with E-state index in [0.29, 0.717) is 17.4 Å². The van der Waals surface area contributed by atoms with E-state index in [0.717, 1.165) is 43.4 Å². The minimum Gasteiger partial charge on any atom is -0.490 e. The third-order valence-corrected chi connectivity index (χ3v) is 5.31. The Morgan fingerprint density at radius 2 is 1.84 bits per heavy atom. The molecule has 4 heteroatoms. The second-order valence-corrected chi connectivity index (χ2v) is 6.80. The van der Waals surface area contributed by atoms with Crippen LogP contribution in [0.3, 0.4) is 0 Å². The van der Waals surface area contributed by atoms with Crippen LogP contribution in [0.25, 0.3) is 0 Å². The van der Waals surface area contributed by atoms with Crippen LogP contribution in [0.5, 0.6) is 5.75 Å². The standard InChI is InChI=1S/C21H26N2O2/c1-2-18(19-5-3-4-6-20(19)21(22)24)15-7-9-16(10-8-15)25-17-11-13-23-14-12-17/h3-6,11-16,18H,2,7-10H2,1H3,(H2,22,24)/t15?,16?,18-/m1/s1. The lowest BCUT2D eigenvalue weighted by atomic mass is 9.74. The van der Waals surface area contributed by atoms with E-state index < -0.39 is 0 Å². The van der Waals surface area contributed by atoms with Crippen LogP contribution in [0.2, 0.25) is 0 Å². The van der Waals surface area contributed by atoms with Crippen LogP contribution in [0.1, 0.15) is 60.9 Å². The number of carbonyl (C=O) groups excluding carboxylic acids is 1. The van der Waals surface area contributed by atoms with Gasteiger partial charge in [0.2, 0.25) is 5.91 Å². The summed E-state index contributed by atoms with van der Waals surface area (Å²) in [5.41, 5.74) is 7.36. The topological polar surface area (TPSA) is 65.2 Å². The highest BCUT2D eigenvalue weighted by Crippen LogP contribution is 2.40. The van der Waals surface area contributed by atoms with Gasteiger partial charge in [0.1, 0.15) is 5.75 Å². The lowest BCUT2D eigenvalue weighted by Gasteiger charge is -2.34. The summed E-state index contributed by atoms with van der Waals surface area (Å²) >= 11 is 0. The number of benzene rings is 1. The van der Waals surface area contributed by atoms with Crippen molar-refractivity contribution in [1.29, 1.82) is 0 Å². The van der Waals surface area contributed by atoms with Crippen LogP contribution in [0.4, 0.5) is 0 Å². The third kappa shape index (κ3) is 4.19. The number of primary amides is 1. The predicted octanol–water partition coefficient (Wildman–Crippen LogP) is 4.31. The predicted molar refractivity (Wildman–Crippen MR) is 98.6 cm³/mol. The highest BCUT2D eigenvalue weighted by atomic mass is 16.5. The molecule has 3 rings (SSSR count). The zero-order valence-electron chi connectivity index (χ0n) is 14.7. The monoisotopic (exact) mass is 338 g/mol. The number of rotatable bonds is 6. The minimum atomic E-state index is -0.330. The largest absolute Gasteiger partial charge is 0.490 e. The molecular weight excluding hydrogens is 312 g/mol. The molecule has 2 N–H and O–H groups in total. The molecule has 1 aromatic carbocycles. The minimum absolute atomic E-state index is 0.266. The van der Waals surface area contributed by atoms with E-state index >= 15 is 0 Å². The molecule has 0 unspecified atom stereocenters. The van der Waals surface area contributed by atoms with Crippen molar-refractivity contribution in [2.45, 2.75) is 51.0 Å². The van der Waals surface area contributed by atoms with Crippen molar-refractivity contribution in [3.05, 3.63) is 59.9 Å². The number of hydrogen-bond donors (Lipinski definition) is 1. The lowest BCUT2D eigenvalue weighted by Crippen LogP contribution is -2.28. The Bertz CT molecular complexity index is 694. The first-order valence-electron chi connectivity index (χ1n) is 9.14. The molecule has 1 aromatic heterocycles. The van der Waals surface area contributed by atoms with Gasteiger partial charge in [0, 0.05) is 18.0 Å². The van der Waals surface area contributed by atoms with Gasteiger partial charge in [0.15, 0.2) is 0 Å². The highest BCUT2D eigenvalue weighted by molar-refractivity contribution is 5.94. The molecule has 1 aliphatic rings. The molecule has 0 spiro atoms. The fourth-order valence-corrected chi connectivity index (χ4v) is 4.07. The number of hydrogen-bond acceptors (Lipinski definition) is 3. The summed E-state index contributed by atoms with van der Waals surface area (Å²) in [6.07, 6.45) is 9.12. The summed E-state index contributed by atoms with van der Waals surface area (Å²) in [5.74, 6) is 1.52. The van der Waals surface area contributed by atoms with Crippen LogP contribution >= 0.6 is 0 Å². The molecule has 1 aliphatic carbocycles. The maximum absolute atomic E-state index is 11.8. The summed E-state index contributed by atoms with van der Waals surface area (Å²) in [4.78, 5) is 15.8. The first-order valence-corrected chi connectivity index (χ1v) is 9.14. The van der Waals surface area contributed by atoms with Crippen molar-refractivity contribution in [2.24, 2.45) is 11.7 Å². The van der Waals surface area contributed by atoms with Gasteiger partial charge >= 0.3 is 0 Å². The molecule has 1 atom stereocenters. The number of aromatic nitrogens is 1. The Labute approximate surface area is 149 Å². The number of carbonyl (C=O) groups is 1. The lowest BCUT2D eigenvalue weighted by molar-refractivity contribution is 0.0995. The molecule has 2 aromatic rings. The first-order chi connectivity index (χ1) is 12.2. The van der Waals surface area contributed by atoms with Crippen molar-refractivity contribution < 1.29 is 9.53 Å². The Kier molecular flexibility index (Phi) is 5.69. The molecule has 132 valence electrons. The summed E-state index contributed by atoms with van der Waals surface area (Å²) in [7, 11) is 0. The Balaban J connectivity index is 1.66. The summed E-state index contributed by atoms with van der Waals surface area (Å²) in [5, 5.41) is 0. The van der Waals surface area contributed by atoms with Gasteiger partial charge in [-0.15, -0.1) is 0 Å². The van der Waals surface area contributed by atoms with Crippen LogP contribution in [-0.4, -0.2) is 17.0 Å². The van der Waals surface area contributed by atoms with Gasteiger partial charge in [-0.1, -0.05) is 25.1 Å². The number of nitrogens with two attached hydrogens (primary N) is 1. The molecule has 25 heavy (non-hydrogen) atoms. The van der Waals surface area contributed by atoms with Gasteiger partial charge in [-0.2, -0.15) is 0 Å². The fourth-order valence-electron chi connectivity index (χ4n) is 4.07. The van der Waals surface area contributed by atoms with Crippen molar-refractivity contribution >= 4 is 5.91 Å². The molecule has 1 saturated carbocycles. The normalized spacial score (nSPS) is 21.5. The van der Waals surface area contributed by atoms with E-state index in [1.54, 1.807) is 12.4 Å². The van der Waals surface area contributed by atoms with Gasteiger partial charge in [0.05, 0.1) is 6.10 Å². The smallest absolute Gasteiger partial charge is 0.248 e. The zero-order valence-corrected chi connectivity index (χ0v) is 14.7. The third-order valence-electron chi connectivity index (χ3n) is 5.31. The number of amides is 1. The summed E-state index contributed by atoms with van der Waals surface area (Å²) in [6, 6.07) is 11.6. The van der Waals surface area contributed by atoms with E-state index in [4.69, 9.17) is 10.5 Å². The quantitative estimate of drug-likeness (QED) is 0.853. The van der Waals surface area contributed by atoms with E-state index in [-0.39, 0.29) is 12.0 Å². The van der Waals surface area contributed by atoms with Crippen molar-refractivity contribution in [1.82, 2.24) is 4.98 Å². The van der Waals surface area contributed by atoms with Gasteiger partial charge in [-0.05, 0) is 67.7 Å². The molecule has 0 bridgehead atoms. The second kappa shape index (κ2) is 8.15. The Hall–Kier alpha value is -2.36. The van der Waals surface area contributed by atoms with E-state index in [1.807, 2.05) is 30.3 Å². The van der Waals surface area contributed by atoms with Crippen LogP contribution in [0.15, 0.2) is 48.8 Å². The SMILES string of the molecule is CC[C@@H](c1ccccc1C(N)=O)C1CCC(Oc2ccncc2)CC1. The molecule has 4 nitrogen and oxygen atoms in total. The van der Waals surface area contributed by atoms with Crippen LogP contribution in [0, 0.1) is 5.92 Å². The van der Waals surface area contributed by atoms with E-state index in [2.05, 4.69) is 18.0 Å². The van der Waals surface area contributed by atoms with Crippen molar-refractivity contribution in [2.75, 3.05) is 0 Å². The Morgan fingerprint density at radius 1 is 1.16 bits per heavy atom. The molecule has 0 saturated heterocycles. The number of nitrogens with zero attached hydrogens (tertiary/aromatic N) is 1.